The second-order valence-corrected chi connectivity index (χ2v) is 10.9. The van der Waals surface area contributed by atoms with E-state index in [-0.39, 0.29) is 23.8 Å². The quantitative estimate of drug-likeness (QED) is 0.281. The number of hydrogen-bond donors (Lipinski definition) is 1. The number of ether oxygens (including phenoxy) is 3. The van der Waals surface area contributed by atoms with Crippen LogP contribution in [0.1, 0.15) is 35.2 Å². The van der Waals surface area contributed by atoms with Gasteiger partial charge in [-0.1, -0.05) is 23.7 Å². The summed E-state index contributed by atoms with van der Waals surface area (Å²) < 4.78 is 21.6. The minimum atomic E-state index is -1.15. The zero-order chi connectivity index (χ0) is 29.0. The van der Waals surface area contributed by atoms with Crippen LogP contribution in [0.2, 0.25) is 5.02 Å². The summed E-state index contributed by atoms with van der Waals surface area (Å²) in [5, 5.41) is 10.0. The monoisotopic (exact) mass is 584 g/mol. The second-order valence-electron chi connectivity index (χ2n) is 10.5. The number of aromatic nitrogens is 4. The van der Waals surface area contributed by atoms with E-state index in [0.29, 0.717) is 63.4 Å². The minimum Gasteiger partial charge on any atom is -0.478 e. The van der Waals surface area contributed by atoms with E-state index in [1.165, 1.54) is 12.3 Å². The standard InChI is InChI=1S/C31H25ClN4O6/c1-31(26-8-6-20(32)15-33-26)41-25-4-2-3-22(29(25)42-31)18-9-11-35(28(37)14-18)17-27-34-23-7-5-19(30(38)39)13-24(23)36(27)16-21-10-12-40-21/h2-9,11,13-15,21H,10,12,16-17H2,1H3,(H,38,39)/t21-,31?/m0/s1. The Morgan fingerprint density at radius 1 is 1.14 bits per heavy atom. The summed E-state index contributed by atoms with van der Waals surface area (Å²) in [4.78, 5) is 34.1. The minimum absolute atomic E-state index is 0.0184. The molecule has 2 atom stereocenters. The number of pyridine rings is 2. The van der Waals surface area contributed by atoms with E-state index in [4.69, 9.17) is 30.8 Å². The first-order chi connectivity index (χ1) is 20.3. The number of para-hydroxylation sites is 1. The first-order valence-corrected chi connectivity index (χ1v) is 13.8. The molecule has 1 N–H and O–H groups in total. The lowest BCUT2D eigenvalue weighted by molar-refractivity contribution is -0.0715. The van der Waals surface area contributed by atoms with Gasteiger partial charge in [0, 0.05) is 37.6 Å². The Balaban J connectivity index is 1.20. The first kappa shape index (κ1) is 26.2. The zero-order valence-electron chi connectivity index (χ0n) is 22.5. The molecule has 1 unspecified atom stereocenters. The molecule has 1 saturated heterocycles. The van der Waals surface area contributed by atoms with Crippen molar-refractivity contribution >= 4 is 28.6 Å². The number of rotatable bonds is 7. The van der Waals surface area contributed by atoms with Gasteiger partial charge in [0.15, 0.2) is 11.5 Å². The average molecular weight is 585 g/mol. The molecule has 3 aromatic heterocycles. The van der Waals surface area contributed by atoms with Crippen molar-refractivity contribution in [3.63, 3.8) is 0 Å². The fourth-order valence-corrected chi connectivity index (χ4v) is 5.44. The molecule has 1 fully saturated rings. The SMILES string of the molecule is CC1(c2ccc(Cl)cn2)Oc2cccc(-c3ccn(Cc4nc5ccc(C(=O)O)cc5n4C[C@@H]4CCO4)c(=O)c3)c2O1. The van der Waals surface area contributed by atoms with Crippen LogP contribution in [0.4, 0.5) is 0 Å². The predicted octanol–water partition coefficient (Wildman–Crippen LogP) is 5.09. The van der Waals surface area contributed by atoms with E-state index in [1.807, 2.05) is 28.8 Å². The van der Waals surface area contributed by atoms with Gasteiger partial charge in [0.2, 0.25) is 0 Å². The van der Waals surface area contributed by atoms with Crippen LogP contribution in [0.25, 0.3) is 22.2 Å². The molecule has 5 heterocycles. The topological polar surface area (TPSA) is 118 Å². The van der Waals surface area contributed by atoms with Gasteiger partial charge in [-0.05, 0) is 54.4 Å². The summed E-state index contributed by atoms with van der Waals surface area (Å²) in [5.41, 5.74) is 3.26. The Morgan fingerprint density at radius 2 is 2.00 bits per heavy atom. The number of hydrogen-bond acceptors (Lipinski definition) is 7. The predicted molar refractivity (Wildman–Crippen MR) is 154 cm³/mol. The van der Waals surface area contributed by atoms with Crippen LogP contribution < -0.4 is 15.0 Å². The molecule has 0 saturated carbocycles. The highest BCUT2D eigenvalue weighted by atomic mass is 35.5. The lowest BCUT2D eigenvalue weighted by Gasteiger charge is -2.27. The van der Waals surface area contributed by atoms with Gasteiger partial charge in [0.05, 0.1) is 40.8 Å². The highest BCUT2D eigenvalue weighted by molar-refractivity contribution is 6.30. The Bertz CT molecular complexity index is 1910. The van der Waals surface area contributed by atoms with Crippen LogP contribution in [0.3, 0.4) is 0 Å². The largest absolute Gasteiger partial charge is 0.478 e. The van der Waals surface area contributed by atoms with Gasteiger partial charge in [-0.2, -0.15) is 0 Å². The normalized spacial score (nSPS) is 19.1. The summed E-state index contributed by atoms with van der Waals surface area (Å²) in [7, 11) is 0. The van der Waals surface area contributed by atoms with Crippen LogP contribution >= 0.6 is 11.6 Å². The van der Waals surface area contributed by atoms with Gasteiger partial charge in [0.25, 0.3) is 11.3 Å². The van der Waals surface area contributed by atoms with Crippen LogP contribution in [0.5, 0.6) is 11.5 Å². The number of carbonyl (C=O) groups is 1. The third-order valence-electron chi connectivity index (χ3n) is 7.65. The highest BCUT2D eigenvalue weighted by Crippen LogP contribution is 2.48. The molecule has 42 heavy (non-hydrogen) atoms. The van der Waals surface area contributed by atoms with E-state index >= 15 is 0 Å². The summed E-state index contributed by atoms with van der Waals surface area (Å²) in [5.74, 6) is -0.457. The fourth-order valence-electron chi connectivity index (χ4n) is 5.32. The van der Waals surface area contributed by atoms with Crippen LogP contribution in [-0.4, -0.2) is 42.9 Å². The van der Waals surface area contributed by atoms with Crippen LogP contribution in [-0.2, 0) is 23.6 Å². The Kier molecular flexibility index (Phi) is 6.25. The molecule has 5 aromatic rings. The van der Waals surface area contributed by atoms with Crippen molar-refractivity contribution in [2.24, 2.45) is 0 Å². The van der Waals surface area contributed by atoms with E-state index in [0.717, 1.165) is 6.42 Å². The fraction of sp³-hybridized carbons (Fsp3) is 0.226. The molecular formula is C31H25ClN4O6. The number of nitrogens with zero attached hydrogens (tertiary/aromatic N) is 4. The van der Waals surface area contributed by atoms with Gasteiger partial charge in [-0.15, -0.1) is 0 Å². The van der Waals surface area contributed by atoms with Crippen molar-refractivity contribution in [3.8, 4) is 22.6 Å². The third kappa shape index (κ3) is 4.58. The van der Waals surface area contributed by atoms with Gasteiger partial charge < -0.3 is 28.5 Å². The smallest absolute Gasteiger partial charge is 0.335 e. The number of imidazole rings is 1. The number of carboxylic acid groups (broad SMARTS) is 1. The average Bonchev–Trinajstić information content (AvgIpc) is 3.48. The lowest BCUT2D eigenvalue weighted by atomic mass is 10.1. The Morgan fingerprint density at radius 3 is 2.71 bits per heavy atom. The molecular weight excluding hydrogens is 560 g/mol. The molecule has 10 nitrogen and oxygen atoms in total. The number of fused-ring (bicyclic) bond motifs is 2. The van der Waals surface area contributed by atoms with E-state index in [9.17, 15) is 14.7 Å². The number of halogens is 1. The third-order valence-corrected chi connectivity index (χ3v) is 7.87. The Labute approximate surface area is 244 Å². The molecule has 7 rings (SSSR count). The van der Waals surface area contributed by atoms with Crippen molar-refractivity contribution in [1.29, 1.82) is 0 Å². The maximum Gasteiger partial charge on any atom is 0.335 e. The van der Waals surface area contributed by atoms with Gasteiger partial charge in [0.1, 0.15) is 11.5 Å². The van der Waals surface area contributed by atoms with Gasteiger partial charge in [-0.25, -0.2) is 9.78 Å². The maximum absolute atomic E-state index is 13.4. The summed E-state index contributed by atoms with van der Waals surface area (Å²) >= 11 is 6.01. The second kappa shape index (κ2) is 10.0. The zero-order valence-corrected chi connectivity index (χ0v) is 23.2. The van der Waals surface area contributed by atoms with E-state index in [2.05, 4.69) is 4.98 Å². The molecule has 0 amide bonds. The Hall–Kier alpha value is -4.67. The first-order valence-electron chi connectivity index (χ1n) is 13.5. The maximum atomic E-state index is 13.4. The summed E-state index contributed by atoms with van der Waals surface area (Å²) in [6.07, 6.45) is 4.19. The van der Waals surface area contributed by atoms with Crippen molar-refractivity contribution in [2.45, 2.75) is 38.3 Å². The molecule has 0 aliphatic carbocycles. The molecule has 2 aromatic carbocycles. The van der Waals surface area contributed by atoms with Crippen molar-refractivity contribution in [1.82, 2.24) is 19.1 Å². The van der Waals surface area contributed by atoms with Crippen molar-refractivity contribution in [3.05, 3.63) is 106 Å². The van der Waals surface area contributed by atoms with Gasteiger partial charge >= 0.3 is 5.97 Å². The summed E-state index contributed by atoms with van der Waals surface area (Å²) in [6, 6.07) is 17.3. The molecule has 212 valence electrons. The van der Waals surface area contributed by atoms with Crippen molar-refractivity contribution in [2.75, 3.05) is 6.61 Å². The van der Waals surface area contributed by atoms with Gasteiger partial charge in [-0.3, -0.25) is 9.78 Å². The van der Waals surface area contributed by atoms with Crippen molar-refractivity contribution < 1.29 is 24.1 Å². The molecule has 0 spiro atoms. The number of benzene rings is 2. The molecule has 11 heteroatoms. The molecule has 0 radical (unpaired) electrons. The highest BCUT2D eigenvalue weighted by Gasteiger charge is 2.41. The number of aromatic carboxylic acids is 1. The summed E-state index contributed by atoms with van der Waals surface area (Å²) in [6.45, 7) is 3.21. The number of carboxylic acids is 1. The van der Waals surface area contributed by atoms with Crippen LogP contribution in [0, 0.1) is 0 Å². The van der Waals surface area contributed by atoms with E-state index < -0.39 is 11.8 Å². The lowest BCUT2D eigenvalue weighted by Crippen LogP contribution is -2.32. The molecule has 2 aliphatic heterocycles. The van der Waals surface area contributed by atoms with Crippen LogP contribution in [0.15, 0.2) is 77.9 Å². The molecule has 2 aliphatic rings. The van der Waals surface area contributed by atoms with E-state index in [1.54, 1.807) is 48.0 Å². The molecule has 0 bridgehead atoms.